The lowest BCUT2D eigenvalue weighted by Crippen LogP contribution is -2.22. The molecule has 0 fully saturated rings. The third-order valence-electron chi connectivity index (χ3n) is 3.49. The molecule has 0 spiro atoms. The smallest absolute Gasteiger partial charge is 0.1000 e. The summed E-state index contributed by atoms with van der Waals surface area (Å²) in [6.45, 7) is 1.83. The lowest BCUT2D eigenvalue weighted by Gasteiger charge is -2.22. The number of fused-ring (bicyclic) bond motifs is 1. The van der Waals surface area contributed by atoms with Crippen LogP contribution in [0.4, 0.5) is 0 Å². The first-order valence-corrected chi connectivity index (χ1v) is 8.18. The van der Waals surface area contributed by atoms with Gasteiger partial charge in [-0.15, -0.1) is 11.3 Å². The molecule has 0 saturated carbocycles. The van der Waals surface area contributed by atoms with Crippen LogP contribution in [-0.4, -0.2) is 5.11 Å². The van der Waals surface area contributed by atoms with Crippen LogP contribution in [0.25, 0.3) is 10.1 Å². The summed E-state index contributed by atoms with van der Waals surface area (Å²) in [6, 6.07) is 15.7. The number of rotatable bonds is 3. The van der Waals surface area contributed by atoms with E-state index in [1.165, 1.54) is 4.70 Å². The van der Waals surface area contributed by atoms with Gasteiger partial charge < -0.3 is 5.11 Å². The van der Waals surface area contributed by atoms with Crippen molar-refractivity contribution >= 4 is 44.6 Å². The van der Waals surface area contributed by atoms with E-state index in [0.29, 0.717) is 16.5 Å². The van der Waals surface area contributed by atoms with E-state index in [1.807, 2.05) is 31.2 Å². The SMILES string of the molecule is CC(O)(Cc1ccc(Cl)c(Cl)c1)c1cc2ccccc2s1. The molecule has 0 saturated heterocycles. The van der Waals surface area contributed by atoms with Crippen molar-refractivity contribution in [1.29, 1.82) is 0 Å². The fraction of sp³-hybridized carbons (Fsp3) is 0.176. The number of halogens is 2. The molecule has 0 aliphatic carbocycles. The van der Waals surface area contributed by atoms with Crippen molar-refractivity contribution in [3.05, 3.63) is 69.0 Å². The van der Waals surface area contributed by atoms with Crippen molar-refractivity contribution in [2.24, 2.45) is 0 Å². The number of hydrogen-bond acceptors (Lipinski definition) is 2. The molecule has 0 radical (unpaired) electrons. The third kappa shape index (κ3) is 3.09. The van der Waals surface area contributed by atoms with Crippen LogP contribution < -0.4 is 0 Å². The van der Waals surface area contributed by atoms with Gasteiger partial charge in [-0.2, -0.15) is 0 Å². The fourth-order valence-corrected chi connectivity index (χ4v) is 3.81. The average molecular weight is 337 g/mol. The van der Waals surface area contributed by atoms with Crippen LogP contribution in [0, 0.1) is 0 Å². The molecule has 3 aromatic rings. The second kappa shape index (κ2) is 5.62. The lowest BCUT2D eigenvalue weighted by atomic mass is 9.94. The van der Waals surface area contributed by atoms with Crippen molar-refractivity contribution in [2.75, 3.05) is 0 Å². The van der Waals surface area contributed by atoms with Crippen LogP contribution in [-0.2, 0) is 12.0 Å². The molecule has 1 N–H and O–H groups in total. The maximum Gasteiger partial charge on any atom is 0.1000 e. The molecular weight excluding hydrogens is 323 g/mol. The van der Waals surface area contributed by atoms with Crippen molar-refractivity contribution in [3.8, 4) is 0 Å². The molecule has 4 heteroatoms. The van der Waals surface area contributed by atoms with Crippen LogP contribution >= 0.6 is 34.5 Å². The number of hydrogen-bond donors (Lipinski definition) is 1. The summed E-state index contributed by atoms with van der Waals surface area (Å²) in [5, 5.41) is 13.0. The van der Waals surface area contributed by atoms with Crippen LogP contribution in [0.3, 0.4) is 0 Å². The topological polar surface area (TPSA) is 20.2 Å². The van der Waals surface area contributed by atoms with Gasteiger partial charge in [0.2, 0.25) is 0 Å². The average Bonchev–Trinajstić information content (AvgIpc) is 2.87. The molecule has 0 amide bonds. The Bertz CT molecular complexity index is 759. The summed E-state index contributed by atoms with van der Waals surface area (Å²) in [4.78, 5) is 0.953. The zero-order chi connectivity index (χ0) is 15.0. The minimum atomic E-state index is -0.930. The zero-order valence-corrected chi connectivity index (χ0v) is 13.8. The van der Waals surface area contributed by atoms with Gasteiger partial charge in [-0.05, 0) is 42.1 Å². The Morgan fingerprint density at radius 2 is 1.81 bits per heavy atom. The first kappa shape index (κ1) is 14.9. The van der Waals surface area contributed by atoms with Crippen LogP contribution in [0.2, 0.25) is 10.0 Å². The van der Waals surface area contributed by atoms with Gasteiger partial charge in [-0.25, -0.2) is 0 Å². The highest BCUT2D eigenvalue weighted by Gasteiger charge is 2.26. The van der Waals surface area contributed by atoms with E-state index in [2.05, 4.69) is 18.2 Å². The van der Waals surface area contributed by atoms with Crippen molar-refractivity contribution < 1.29 is 5.11 Å². The number of aliphatic hydroxyl groups is 1. The quantitative estimate of drug-likeness (QED) is 0.654. The Kier molecular flexibility index (Phi) is 3.98. The van der Waals surface area contributed by atoms with Crippen molar-refractivity contribution in [2.45, 2.75) is 18.9 Å². The Labute approximate surface area is 137 Å². The second-order valence-corrected chi connectivity index (χ2v) is 7.25. The molecule has 1 heterocycles. The molecule has 0 aliphatic rings. The molecule has 1 unspecified atom stereocenters. The molecule has 0 bridgehead atoms. The molecule has 21 heavy (non-hydrogen) atoms. The Morgan fingerprint density at radius 1 is 1.05 bits per heavy atom. The largest absolute Gasteiger partial charge is 0.384 e. The zero-order valence-electron chi connectivity index (χ0n) is 11.4. The standard InChI is InChI=1S/C17H14Cl2OS/c1-17(20,10-11-6-7-13(18)14(19)8-11)16-9-12-4-2-3-5-15(12)21-16/h2-9,20H,10H2,1H3. The van der Waals surface area contributed by atoms with Gasteiger partial charge >= 0.3 is 0 Å². The molecule has 2 aromatic carbocycles. The fourth-order valence-electron chi connectivity index (χ4n) is 2.38. The molecule has 1 aromatic heterocycles. The molecule has 1 nitrogen and oxygen atoms in total. The van der Waals surface area contributed by atoms with Crippen LogP contribution in [0.5, 0.6) is 0 Å². The Morgan fingerprint density at radius 3 is 2.52 bits per heavy atom. The summed E-state index contributed by atoms with van der Waals surface area (Å²) in [5.41, 5.74) is 0.0350. The molecule has 3 rings (SSSR count). The summed E-state index contributed by atoms with van der Waals surface area (Å²) in [5.74, 6) is 0. The normalized spacial score (nSPS) is 14.3. The predicted molar refractivity (Wildman–Crippen MR) is 91.6 cm³/mol. The van der Waals surface area contributed by atoms with Crippen molar-refractivity contribution in [1.82, 2.24) is 0 Å². The van der Waals surface area contributed by atoms with Gasteiger partial charge in [0.1, 0.15) is 0 Å². The summed E-state index contributed by atoms with van der Waals surface area (Å²) < 4.78 is 1.18. The summed E-state index contributed by atoms with van der Waals surface area (Å²) in [6.07, 6.45) is 0.497. The minimum Gasteiger partial charge on any atom is -0.384 e. The van der Waals surface area contributed by atoms with E-state index in [1.54, 1.807) is 17.4 Å². The number of benzene rings is 2. The van der Waals surface area contributed by atoms with E-state index in [9.17, 15) is 5.11 Å². The maximum atomic E-state index is 10.8. The highest BCUT2D eigenvalue weighted by molar-refractivity contribution is 7.19. The first-order valence-electron chi connectivity index (χ1n) is 6.61. The van der Waals surface area contributed by atoms with E-state index < -0.39 is 5.60 Å². The third-order valence-corrected chi connectivity index (χ3v) is 5.60. The van der Waals surface area contributed by atoms with Gasteiger partial charge in [0, 0.05) is 16.0 Å². The maximum absolute atomic E-state index is 10.8. The predicted octanol–water partition coefficient (Wildman–Crippen LogP) is 5.66. The van der Waals surface area contributed by atoms with Crippen LogP contribution in [0.15, 0.2) is 48.5 Å². The first-order chi connectivity index (χ1) is 9.95. The van der Waals surface area contributed by atoms with Gasteiger partial charge in [0.25, 0.3) is 0 Å². The highest BCUT2D eigenvalue weighted by Crippen LogP contribution is 2.36. The summed E-state index contributed by atoms with van der Waals surface area (Å²) in [7, 11) is 0. The van der Waals surface area contributed by atoms with E-state index in [4.69, 9.17) is 23.2 Å². The van der Waals surface area contributed by atoms with Gasteiger partial charge in [-0.1, -0.05) is 47.5 Å². The van der Waals surface area contributed by atoms with E-state index >= 15 is 0 Å². The van der Waals surface area contributed by atoms with Crippen molar-refractivity contribution in [3.63, 3.8) is 0 Å². The summed E-state index contributed by atoms with van der Waals surface area (Å²) >= 11 is 13.6. The molecule has 1 atom stereocenters. The van der Waals surface area contributed by atoms with E-state index in [0.717, 1.165) is 15.8 Å². The highest BCUT2D eigenvalue weighted by atomic mass is 35.5. The van der Waals surface area contributed by atoms with Gasteiger partial charge in [0.05, 0.1) is 15.6 Å². The van der Waals surface area contributed by atoms with Crippen LogP contribution in [0.1, 0.15) is 17.4 Å². The molecule has 0 aliphatic heterocycles. The molecular formula is C17H14Cl2OS. The minimum absolute atomic E-state index is 0.497. The number of thiophene rings is 1. The molecule has 108 valence electrons. The van der Waals surface area contributed by atoms with Gasteiger partial charge in [0.15, 0.2) is 0 Å². The second-order valence-electron chi connectivity index (χ2n) is 5.35. The lowest BCUT2D eigenvalue weighted by molar-refractivity contribution is 0.0616. The Balaban J connectivity index is 1.93. The Hall–Kier alpha value is -1.06. The monoisotopic (exact) mass is 336 g/mol. The van der Waals surface area contributed by atoms with Gasteiger partial charge in [-0.3, -0.25) is 0 Å². The van der Waals surface area contributed by atoms with E-state index in [-0.39, 0.29) is 0 Å².